The van der Waals surface area contributed by atoms with Crippen molar-refractivity contribution in [3.8, 4) is 0 Å². The van der Waals surface area contributed by atoms with Gasteiger partial charge in [-0.15, -0.1) is 0 Å². The van der Waals surface area contributed by atoms with Crippen LogP contribution in [-0.4, -0.2) is 12.7 Å². The second-order valence-corrected chi connectivity index (χ2v) is 4.14. The molecule has 1 fully saturated rings. The molecular weight excluding hydrogens is 160 g/mol. The zero-order valence-corrected chi connectivity index (χ0v) is 7.60. The summed E-state index contributed by atoms with van der Waals surface area (Å²) in [4.78, 5) is 0. The summed E-state index contributed by atoms with van der Waals surface area (Å²) in [7, 11) is 0. The summed E-state index contributed by atoms with van der Waals surface area (Å²) in [5.74, 6) is 2.06. The summed E-state index contributed by atoms with van der Waals surface area (Å²) < 4.78 is 5.80. The molecule has 1 heterocycles. The summed E-state index contributed by atoms with van der Waals surface area (Å²) in [5, 5.41) is 0. The molecule has 68 valence electrons. The van der Waals surface area contributed by atoms with Gasteiger partial charge < -0.3 is 4.74 Å². The smallest absolute Gasteiger partial charge is 0.0793 e. The molecule has 2 aliphatic carbocycles. The Kier molecular flexibility index (Phi) is 1.66. The van der Waals surface area contributed by atoms with Crippen molar-refractivity contribution in [2.24, 2.45) is 17.8 Å². The average molecular weight is 174 g/mol. The van der Waals surface area contributed by atoms with E-state index in [9.17, 15) is 0 Å². The lowest BCUT2D eigenvalue weighted by Gasteiger charge is -2.38. The van der Waals surface area contributed by atoms with Gasteiger partial charge in [0.1, 0.15) is 0 Å². The normalized spacial score (nSPS) is 46.2. The number of fused-ring (bicyclic) bond motifs is 3. The van der Waals surface area contributed by atoms with Crippen LogP contribution >= 0.6 is 0 Å². The molecule has 0 amide bonds. The van der Waals surface area contributed by atoms with Gasteiger partial charge in [0.15, 0.2) is 0 Å². The summed E-state index contributed by atoms with van der Waals surface area (Å²) in [6.45, 7) is 0.900. The van der Waals surface area contributed by atoms with Gasteiger partial charge in [0.2, 0.25) is 0 Å². The molecule has 1 heteroatoms. The van der Waals surface area contributed by atoms with Crippen LogP contribution in [0.2, 0.25) is 0 Å². The zero-order chi connectivity index (χ0) is 8.67. The van der Waals surface area contributed by atoms with Crippen molar-refractivity contribution in [3.63, 3.8) is 0 Å². The van der Waals surface area contributed by atoms with Gasteiger partial charge in [-0.25, -0.2) is 0 Å². The van der Waals surface area contributed by atoms with E-state index in [1.165, 1.54) is 6.42 Å². The molecule has 1 aliphatic heterocycles. The van der Waals surface area contributed by atoms with Gasteiger partial charge in [-0.2, -0.15) is 0 Å². The zero-order valence-electron chi connectivity index (χ0n) is 7.60. The number of hydrogen-bond acceptors (Lipinski definition) is 1. The number of ether oxygens (including phenoxy) is 1. The molecule has 0 aromatic carbocycles. The monoisotopic (exact) mass is 174 g/mol. The van der Waals surface area contributed by atoms with Gasteiger partial charge in [0, 0.05) is 5.92 Å². The van der Waals surface area contributed by atoms with Crippen molar-refractivity contribution in [1.82, 2.24) is 0 Å². The van der Waals surface area contributed by atoms with Gasteiger partial charge in [-0.1, -0.05) is 36.5 Å². The number of rotatable bonds is 0. The van der Waals surface area contributed by atoms with Gasteiger partial charge in [-0.3, -0.25) is 0 Å². The minimum Gasteiger partial charge on any atom is -0.373 e. The lowest BCUT2D eigenvalue weighted by molar-refractivity contribution is -0.0340. The van der Waals surface area contributed by atoms with Crippen LogP contribution in [-0.2, 0) is 4.74 Å². The van der Waals surface area contributed by atoms with Crippen molar-refractivity contribution < 1.29 is 4.74 Å². The van der Waals surface area contributed by atoms with Crippen LogP contribution in [0.4, 0.5) is 0 Å². The molecule has 3 aliphatic rings. The van der Waals surface area contributed by atoms with E-state index in [4.69, 9.17) is 4.74 Å². The molecule has 4 unspecified atom stereocenters. The Morgan fingerprint density at radius 1 is 1.08 bits per heavy atom. The van der Waals surface area contributed by atoms with Crippen LogP contribution in [0.5, 0.6) is 0 Å². The van der Waals surface area contributed by atoms with Crippen molar-refractivity contribution in [3.05, 3.63) is 36.5 Å². The molecule has 0 spiro atoms. The Labute approximate surface area is 78.8 Å². The van der Waals surface area contributed by atoms with Gasteiger partial charge >= 0.3 is 0 Å². The molecule has 0 N–H and O–H groups in total. The SMILES string of the molecule is C1=CC2COC3C=CCC3C2C=C1. The van der Waals surface area contributed by atoms with Crippen molar-refractivity contribution in [1.29, 1.82) is 0 Å². The van der Waals surface area contributed by atoms with Crippen molar-refractivity contribution in [2.45, 2.75) is 12.5 Å². The molecule has 0 saturated carbocycles. The quantitative estimate of drug-likeness (QED) is 0.512. The fourth-order valence-corrected chi connectivity index (χ4v) is 2.72. The molecule has 0 aromatic heterocycles. The van der Waals surface area contributed by atoms with E-state index < -0.39 is 0 Å². The van der Waals surface area contributed by atoms with E-state index in [1.54, 1.807) is 0 Å². The van der Waals surface area contributed by atoms with Crippen LogP contribution in [0.15, 0.2) is 36.5 Å². The summed E-state index contributed by atoms with van der Waals surface area (Å²) in [6, 6.07) is 0. The van der Waals surface area contributed by atoms with E-state index in [2.05, 4.69) is 36.5 Å². The standard InChI is InChI=1S/C12H14O/c1-2-5-10-9(4-1)8-13-12-7-3-6-11(10)12/h1-5,7,9-12H,6,8H2. The third kappa shape index (κ3) is 1.11. The molecule has 13 heavy (non-hydrogen) atoms. The number of hydrogen-bond donors (Lipinski definition) is 0. The van der Waals surface area contributed by atoms with Gasteiger partial charge in [-0.05, 0) is 18.3 Å². The van der Waals surface area contributed by atoms with E-state index in [0.29, 0.717) is 17.9 Å². The minimum atomic E-state index is 0.400. The summed E-state index contributed by atoms with van der Waals surface area (Å²) in [6.07, 6.45) is 15.1. The van der Waals surface area contributed by atoms with Crippen LogP contribution in [0.25, 0.3) is 0 Å². The molecule has 3 rings (SSSR count). The maximum Gasteiger partial charge on any atom is 0.0793 e. The lowest BCUT2D eigenvalue weighted by atomic mass is 9.75. The Morgan fingerprint density at radius 2 is 2.00 bits per heavy atom. The Hall–Kier alpha value is -0.820. The predicted molar refractivity (Wildman–Crippen MR) is 52.2 cm³/mol. The molecule has 0 bridgehead atoms. The van der Waals surface area contributed by atoms with Gasteiger partial charge in [0.25, 0.3) is 0 Å². The van der Waals surface area contributed by atoms with Crippen molar-refractivity contribution in [2.75, 3.05) is 6.61 Å². The van der Waals surface area contributed by atoms with Crippen LogP contribution < -0.4 is 0 Å². The van der Waals surface area contributed by atoms with E-state index in [-0.39, 0.29) is 0 Å². The van der Waals surface area contributed by atoms with Crippen molar-refractivity contribution >= 4 is 0 Å². The third-order valence-electron chi connectivity index (χ3n) is 3.43. The second kappa shape index (κ2) is 2.85. The first-order chi connectivity index (χ1) is 6.45. The largest absolute Gasteiger partial charge is 0.373 e. The molecule has 1 nitrogen and oxygen atoms in total. The third-order valence-corrected chi connectivity index (χ3v) is 3.43. The fourth-order valence-electron chi connectivity index (χ4n) is 2.72. The summed E-state index contributed by atoms with van der Waals surface area (Å²) in [5.41, 5.74) is 0. The lowest BCUT2D eigenvalue weighted by Crippen LogP contribution is -2.38. The Balaban J connectivity index is 1.88. The second-order valence-electron chi connectivity index (χ2n) is 4.14. The molecular formula is C12H14O. The van der Waals surface area contributed by atoms with Gasteiger partial charge in [0.05, 0.1) is 12.7 Å². The van der Waals surface area contributed by atoms with E-state index in [1.807, 2.05) is 0 Å². The predicted octanol–water partition coefficient (Wildman–Crippen LogP) is 2.32. The highest BCUT2D eigenvalue weighted by atomic mass is 16.5. The minimum absolute atomic E-state index is 0.400. The Bertz CT molecular complexity index is 287. The molecule has 4 atom stereocenters. The number of allylic oxidation sites excluding steroid dienone is 4. The first-order valence-electron chi connectivity index (χ1n) is 5.08. The highest BCUT2D eigenvalue weighted by Crippen LogP contribution is 2.40. The summed E-state index contributed by atoms with van der Waals surface area (Å²) >= 11 is 0. The highest BCUT2D eigenvalue weighted by Gasteiger charge is 2.38. The van der Waals surface area contributed by atoms with E-state index in [0.717, 1.165) is 12.5 Å². The maximum atomic E-state index is 5.80. The van der Waals surface area contributed by atoms with Crippen LogP contribution in [0.1, 0.15) is 6.42 Å². The Morgan fingerprint density at radius 3 is 3.00 bits per heavy atom. The highest BCUT2D eigenvalue weighted by molar-refractivity contribution is 5.20. The molecule has 0 aromatic rings. The molecule has 1 saturated heterocycles. The maximum absolute atomic E-state index is 5.80. The first-order valence-corrected chi connectivity index (χ1v) is 5.08. The first kappa shape index (κ1) is 7.57. The van der Waals surface area contributed by atoms with Crippen LogP contribution in [0, 0.1) is 17.8 Å². The fraction of sp³-hybridized carbons (Fsp3) is 0.500. The van der Waals surface area contributed by atoms with E-state index >= 15 is 0 Å². The topological polar surface area (TPSA) is 9.23 Å². The van der Waals surface area contributed by atoms with Crippen LogP contribution in [0.3, 0.4) is 0 Å². The average Bonchev–Trinajstić information content (AvgIpc) is 2.65. The molecule has 0 radical (unpaired) electrons.